The van der Waals surface area contributed by atoms with Gasteiger partial charge >= 0.3 is 0 Å². The lowest BCUT2D eigenvalue weighted by molar-refractivity contribution is 0.516. The predicted molar refractivity (Wildman–Crippen MR) is 74.4 cm³/mol. The predicted octanol–water partition coefficient (Wildman–Crippen LogP) is 3.47. The number of aromatic nitrogens is 2. The topological polar surface area (TPSA) is 37.8 Å². The Labute approximate surface area is 108 Å². The van der Waals surface area contributed by atoms with E-state index in [0.29, 0.717) is 0 Å². The van der Waals surface area contributed by atoms with Gasteiger partial charge in [-0.15, -0.1) is 0 Å². The fourth-order valence-electron chi connectivity index (χ4n) is 2.14. The Kier molecular flexibility index (Phi) is 5.10. The van der Waals surface area contributed by atoms with E-state index in [4.69, 9.17) is 0 Å². The van der Waals surface area contributed by atoms with Gasteiger partial charge in [-0.25, -0.2) is 4.98 Å². The standard InChI is InChI=1S/C13H21N3S/c1-2-14-13-9-15-11(8-16-13)10-17-12-6-4-3-5-7-12/h8-9,12H,2-7,10H2,1H3,(H,14,16). The van der Waals surface area contributed by atoms with Crippen LogP contribution >= 0.6 is 11.8 Å². The first-order valence-corrected chi connectivity index (χ1v) is 7.59. The molecule has 1 aromatic heterocycles. The lowest BCUT2D eigenvalue weighted by atomic mass is 10.0. The highest BCUT2D eigenvalue weighted by molar-refractivity contribution is 7.99. The molecule has 0 amide bonds. The second-order valence-corrected chi connectivity index (χ2v) is 5.78. The van der Waals surface area contributed by atoms with Gasteiger partial charge in [0.1, 0.15) is 5.82 Å². The molecule has 1 aromatic rings. The molecular weight excluding hydrogens is 230 g/mol. The Morgan fingerprint density at radius 2 is 2.06 bits per heavy atom. The highest BCUT2D eigenvalue weighted by atomic mass is 32.2. The highest BCUT2D eigenvalue weighted by Gasteiger charge is 2.13. The molecule has 94 valence electrons. The number of rotatable bonds is 5. The van der Waals surface area contributed by atoms with E-state index in [0.717, 1.165) is 29.1 Å². The van der Waals surface area contributed by atoms with Crippen LogP contribution in [0.4, 0.5) is 5.82 Å². The van der Waals surface area contributed by atoms with Crippen molar-refractivity contribution >= 4 is 17.6 Å². The molecule has 0 aliphatic heterocycles. The number of thioether (sulfide) groups is 1. The largest absolute Gasteiger partial charge is 0.369 e. The summed E-state index contributed by atoms with van der Waals surface area (Å²) in [6.45, 7) is 2.96. The van der Waals surface area contributed by atoms with E-state index in [1.807, 2.05) is 24.2 Å². The Hall–Kier alpha value is -0.770. The summed E-state index contributed by atoms with van der Waals surface area (Å²) in [6.07, 6.45) is 10.7. The third kappa shape index (κ3) is 4.19. The Morgan fingerprint density at radius 3 is 2.71 bits per heavy atom. The number of nitrogens with zero attached hydrogens (tertiary/aromatic N) is 2. The van der Waals surface area contributed by atoms with Gasteiger partial charge in [-0.1, -0.05) is 19.3 Å². The third-order valence-corrected chi connectivity index (χ3v) is 4.49. The molecule has 1 saturated carbocycles. The van der Waals surface area contributed by atoms with Crippen molar-refractivity contribution in [1.82, 2.24) is 9.97 Å². The van der Waals surface area contributed by atoms with Crippen LogP contribution < -0.4 is 5.32 Å². The summed E-state index contributed by atoms with van der Waals surface area (Å²) in [5.41, 5.74) is 1.10. The quantitative estimate of drug-likeness (QED) is 0.869. The summed E-state index contributed by atoms with van der Waals surface area (Å²) in [5, 5.41) is 4.01. The summed E-state index contributed by atoms with van der Waals surface area (Å²) in [5.74, 6) is 1.88. The van der Waals surface area contributed by atoms with Crippen molar-refractivity contribution in [2.45, 2.75) is 50.0 Å². The minimum absolute atomic E-state index is 0.846. The first-order valence-electron chi connectivity index (χ1n) is 6.55. The van der Waals surface area contributed by atoms with Crippen molar-refractivity contribution in [2.24, 2.45) is 0 Å². The zero-order valence-electron chi connectivity index (χ0n) is 10.5. The Balaban J connectivity index is 1.77. The van der Waals surface area contributed by atoms with Crippen LogP contribution in [0.15, 0.2) is 12.4 Å². The van der Waals surface area contributed by atoms with Gasteiger partial charge in [0, 0.05) is 17.5 Å². The van der Waals surface area contributed by atoms with E-state index >= 15 is 0 Å². The molecule has 0 saturated heterocycles. The van der Waals surface area contributed by atoms with Crippen LogP contribution in [-0.4, -0.2) is 21.8 Å². The molecule has 0 radical (unpaired) electrons. The van der Waals surface area contributed by atoms with Gasteiger partial charge in [0.25, 0.3) is 0 Å². The molecule has 0 bridgehead atoms. The highest BCUT2D eigenvalue weighted by Crippen LogP contribution is 2.29. The summed E-state index contributed by atoms with van der Waals surface area (Å²) in [4.78, 5) is 8.78. The van der Waals surface area contributed by atoms with Crippen LogP contribution in [0.2, 0.25) is 0 Å². The number of hydrogen-bond donors (Lipinski definition) is 1. The number of anilines is 1. The van der Waals surface area contributed by atoms with Crippen LogP contribution in [0.3, 0.4) is 0 Å². The lowest BCUT2D eigenvalue weighted by Crippen LogP contribution is -2.08. The van der Waals surface area contributed by atoms with Gasteiger partial charge in [0.05, 0.1) is 18.1 Å². The minimum atomic E-state index is 0.846. The zero-order valence-corrected chi connectivity index (χ0v) is 11.3. The Morgan fingerprint density at radius 1 is 1.24 bits per heavy atom. The molecule has 0 atom stereocenters. The normalized spacial score (nSPS) is 17.0. The molecule has 0 spiro atoms. The van der Waals surface area contributed by atoms with E-state index in [2.05, 4.69) is 22.2 Å². The average molecular weight is 251 g/mol. The van der Waals surface area contributed by atoms with Crippen LogP contribution in [0.1, 0.15) is 44.7 Å². The van der Waals surface area contributed by atoms with Crippen molar-refractivity contribution in [2.75, 3.05) is 11.9 Å². The van der Waals surface area contributed by atoms with Gasteiger partial charge in [0.2, 0.25) is 0 Å². The van der Waals surface area contributed by atoms with E-state index in [9.17, 15) is 0 Å². The third-order valence-electron chi connectivity index (χ3n) is 3.08. The molecule has 1 aliphatic carbocycles. The maximum Gasteiger partial charge on any atom is 0.144 e. The van der Waals surface area contributed by atoms with Crippen LogP contribution in [0.5, 0.6) is 0 Å². The summed E-state index contributed by atoms with van der Waals surface area (Å²) in [7, 11) is 0. The molecule has 4 heteroatoms. The van der Waals surface area contributed by atoms with Gasteiger partial charge in [-0.05, 0) is 19.8 Å². The lowest BCUT2D eigenvalue weighted by Gasteiger charge is -2.20. The second-order valence-electron chi connectivity index (χ2n) is 4.49. The van der Waals surface area contributed by atoms with Gasteiger partial charge in [0.15, 0.2) is 0 Å². The molecule has 0 aromatic carbocycles. The SMILES string of the molecule is CCNc1cnc(CSC2CCCCC2)cn1. The fraction of sp³-hybridized carbons (Fsp3) is 0.692. The molecule has 1 aliphatic rings. The van der Waals surface area contributed by atoms with Gasteiger partial charge in [-0.3, -0.25) is 4.98 Å². The van der Waals surface area contributed by atoms with Gasteiger partial charge < -0.3 is 5.32 Å². The van der Waals surface area contributed by atoms with Crippen molar-refractivity contribution in [3.8, 4) is 0 Å². The number of hydrogen-bond acceptors (Lipinski definition) is 4. The van der Waals surface area contributed by atoms with E-state index < -0.39 is 0 Å². The molecule has 3 nitrogen and oxygen atoms in total. The summed E-state index contributed by atoms with van der Waals surface area (Å²) >= 11 is 2.05. The number of nitrogens with one attached hydrogen (secondary N) is 1. The van der Waals surface area contributed by atoms with Crippen LogP contribution in [0.25, 0.3) is 0 Å². The van der Waals surface area contributed by atoms with Crippen molar-refractivity contribution in [3.63, 3.8) is 0 Å². The summed E-state index contributed by atoms with van der Waals surface area (Å²) in [6, 6.07) is 0. The van der Waals surface area contributed by atoms with Crippen LogP contribution in [-0.2, 0) is 5.75 Å². The minimum Gasteiger partial charge on any atom is -0.369 e. The Bertz CT molecular complexity index is 320. The maximum atomic E-state index is 4.44. The monoisotopic (exact) mass is 251 g/mol. The van der Waals surface area contributed by atoms with Crippen molar-refractivity contribution in [1.29, 1.82) is 0 Å². The molecule has 0 unspecified atom stereocenters. The first kappa shape index (κ1) is 12.7. The van der Waals surface area contributed by atoms with E-state index in [1.165, 1.54) is 32.1 Å². The summed E-state index contributed by atoms with van der Waals surface area (Å²) < 4.78 is 0. The van der Waals surface area contributed by atoms with E-state index in [-0.39, 0.29) is 0 Å². The molecular formula is C13H21N3S. The van der Waals surface area contributed by atoms with Crippen molar-refractivity contribution in [3.05, 3.63) is 18.1 Å². The van der Waals surface area contributed by atoms with E-state index in [1.54, 1.807) is 0 Å². The fourth-order valence-corrected chi connectivity index (χ4v) is 3.36. The maximum absolute atomic E-state index is 4.44. The average Bonchev–Trinajstić information content (AvgIpc) is 2.40. The molecule has 17 heavy (non-hydrogen) atoms. The molecule has 2 rings (SSSR count). The molecule has 1 N–H and O–H groups in total. The van der Waals surface area contributed by atoms with Crippen LogP contribution in [0, 0.1) is 0 Å². The smallest absolute Gasteiger partial charge is 0.144 e. The molecule has 1 fully saturated rings. The molecule has 1 heterocycles. The zero-order chi connectivity index (χ0) is 11.9. The second kappa shape index (κ2) is 6.84. The van der Waals surface area contributed by atoms with Gasteiger partial charge in [-0.2, -0.15) is 11.8 Å². The van der Waals surface area contributed by atoms with Crippen molar-refractivity contribution < 1.29 is 0 Å². The first-order chi connectivity index (χ1) is 8.38.